The molecule has 0 atom stereocenters. The highest BCUT2D eigenvalue weighted by Crippen LogP contribution is 2.33. The Hall–Kier alpha value is -2.16. The summed E-state index contributed by atoms with van der Waals surface area (Å²) in [5.74, 6) is 0.727. The molecule has 1 heterocycles. The second kappa shape index (κ2) is 7.38. The molecule has 1 N–H and O–H groups in total. The first-order chi connectivity index (χ1) is 11.9. The van der Waals surface area contributed by atoms with Gasteiger partial charge in [-0.15, -0.1) is 0 Å². The van der Waals surface area contributed by atoms with Crippen LogP contribution in [0.15, 0.2) is 42.6 Å². The molecule has 25 heavy (non-hydrogen) atoms. The van der Waals surface area contributed by atoms with Gasteiger partial charge in [0.05, 0.1) is 17.6 Å². The molecule has 1 aromatic carbocycles. The molecule has 1 saturated carbocycles. The first-order valence-electron chi connectivity index (χ1n) is 9.31. The zero-order chi connectivity index (χ0) is 17.9. The fourth-order valence-electron chi connectivity index (χ4n) is 3.32. The van der Waals surface area contributed by atoms with Crippen LogP contribution < -0.4 is 5.32 Å². The van der Waals surface area contributed by atoms with Crippen LogP contribution in [0.2, 0.25) is 0 Å². The predicted molar refractivity (Wildman–Crippen MR) is 104 cm³/mol. The zero-order valence-electron chi connectivity index (χ0n) is 15.5. The van der Waals surface area contributed by atoms with Gasteiger partial charge in [0.25, 0.3) is 0 Å². The number of rotatable bonds is 3. The number of benzene rings is 1. The molecule has 2 aromatic rings. The molecule has 1 aliphatic carbocycles. The van der Waals surface area contributed by atoms with Crippen LogP contribution in [-0.2, 0) is 4.79 Å². The number of hydrogen-bond acceptors (Lipinski definition) is 2. The molecule has 3 rings (SSSR count). The van der Waals surface area contributed by atoms with Crippen LogP contribution in [0.3, 0.4) is 0 Å². The maximum absolute atomic E-state index is 12.0. The van der Waals surface area contributed by atoms with E-state index in [1.165, 1.54) is 37.7 Å². The lowest BCUT2D eigenvalue weighted by Crippen LogP contribution is -2.27. The molecule has 1 aliphatic rings. The van der Waals surface area contributed by atoms with Crippen molar-refractivity contribution < 1.29 is 4.79 Å². The predicted octanol–water partition coefficient (Wildman–Crippen LogP) is 5.78. The number of amides is 1. The van der Waals surface area contributed by atoms with Gasteiger partial charge in [0.1, 0.15) is 0 Å². The number of aromatic nitrogens is 1. The van der Waals surface area contributed by atoms with Crippen LogP contribution in [0.4, 0.5) is 5.69 Å². The third-order valence-corrected chi connectivity index (χ3v) is 4.99. The van der Waals surface area contributed by atoms with Crippen LogP contribution in [0, 0.1) is 5.41 Å². The van der Waals surface area contributed by atoms with E-state index < -0.39 is 5.41 Å². The molecule has 0 bridgehead atoms. The summed E-state index contributed by atoms with van der Waals surface area (Å²) in [6.07, 6.45) is 8.47. The van der Waals surface area contributed by atoms with E-state index in [1.54, 1.807) is 6.20 Å². The average molecular weight is 336 g/mol. The molecular formula is C22H28N2O. The minimum Gasteiger partial charge on any atom is -0.324 e. The van der Waals surface area contributed by atoms with Crippen LogP contribution >= 0.6 is 0 Å². The molecule has 0 aliphatic heterocycles. The Morgan fingerprint density at radius 3 is 2.24 bits per heavy atom. The highest BCUT2D eigenvalue weighted by molar-refractivity contribution is 5.94. The lowest BCUT2D eigenvalue weighted by Gasteiger charge is -2.22. The van der Waals surface area contributed by atoms with Crippen molar-refractivity contribution in [2.45, 2.75) is 58.8 Å². The quantitative estimate of drug-likeness (QED) is 0.772. The maximum atomic E-state index is 12.0. The normalized spacial score (nSPS) is 15.8. The van der Waals surface area contributed by atoms with Crippen LogP contribution in [0.5, 0.6) is 0 Å². The molecule has 3 heteroatoms. The minimum atomic E-state index is -0.409. The van der Waals surface area contributed by atoms with Crippen LogP contribution in [-0.4, -0.2) is 10.9 Å². The summed E-state index contributed by atoms with van der Waals surface area (Å²) in [6, 6.07) is 12.7. The number of carbonyl (C=O) groups excluding carboxylic acids is 1. The maximum Gasteiger partial charge on any atom is 0.229 e. The van der Waals surface area contributed by atoms with E-state index in [0.29, 0.717) is 0 Å². The Kier molecular flexibility index (Phi) is 5.22. The summed E-state index contributed by atoms with van der Waals surface area (Å²) in [7, 11) is 0. The van der Waals surface area contributed by atoms with Crippen molar-refractivity contribution in [3.63, 3.8) is 0 Å². The van der Waals surface area contributed by atoms with Crippen molar-refractivity contribution in [1.82, 2.24) is 4.98 Å². The topological polar surface area (TPSA) is 42.0 Å². The summed E-state index contributed by atoms with van der Waals surface area (Å²) in [6.45, 7) is 5.70. The second-order valence-electron chi connectivity index (χ2n) is 8.09. The van der Waals surface area contributed by atoms with Gasteiger partial charge in [0.2, 0.25) is 5.91 Å². The summed E-state index contributed by atoms with van der Waals surface area (Å²) in [4.78, 5) is 16.5. The van der Waals surface area contributed by atoms with Gasteiger partial charge < -0.3 is 5.32 Å². The number of carbonyl (C=O) groups is 1. The van der Waals surface area contributed by atoms with Crippen LogP contribution in [0.25, 0.3) is 11.3 Å². The van der Waals surface area contributed by atoms with E-state index in [-0.39, 0.29) is 5.91 Å². The third kappa shape index (κ3) is 4.47. The Morgan fingerprint density at radius 2 is 1.68 bits per heavy atom. The van der Waals surface area contributed by atoms with Crippen molar-refractivity contribution in [3.8, 4) is 11.3 Å². The van der Waals surface area contributed by atoms with Gasteiger partial charge in [0.15, 0.2) is 0 Å². The number of anilines is 1. The van der Waals surface area contributed by atoms with Gasteiger partial charge in [0, 0.05) is 11.0 Å². The number of hydrogen-bond donors (Lipinski definition) is 1. The summed E-state index contributed by atoms with van der Waals surface area (Å²) < 4.78 is 0. The molecule has 0 spiro atoms. The monoisotopic (exact) mass is 336 g/mol. The molecule has 1 fully saturated rings. The van der Waals surface area contributed by atoms with Gasteiger partial charge in [-0.25, -0.2) is 0 Å². The molecule has 132 valence electrons. The SMILES string of the molecule is CC(C)(C)C(=O)Nc1ccc(-c2ccc(C3CCCCC3)cc2)nc1. The Balaban J connectivity index is 1.68. The Morgan fingerprint density at radius 1 is 1.00 bits per heavy atom. The molecule has 1 aromatic heterocycles. The molecule has 0 unspecified atom stereocenters. The van der Waals surface area contributed by atoms with E-state index in [2.05, 4.69) is 34.6 Å². The van der Waals surface area contributed by atoms with Gasteiger partial charge in [-0.3, -0.25) is 9.78 Å². The highest BCUT2D eigenvalue weighted by Gasteiger charge is 2.21. The van der Waals surface area contributed by atoms with Crippen molar-refractivity contribution in [3.05, 3.63) is 48.2 Å². The Bertz CT molecular complexity index is 705. The first-order valence-corrected chi connectivity index (χ1v) is 9.31. The minimum absolute atomic E-state index is 0.00103. The first kappa shape index (κ1) is 17.7. The van der Waals surface area contributed by atoms with Gasteiger partial charge in [-0.05, 0) is 36.5 Å². The fraction of sp³-hybridized carbons (Fsp3) is 0.455. The molecule has 1 amide bonds. The average Bonchev–Trinajstić information content (AvgIpc) is 2.62. The van der Waals surface area contributed by atoms with E-state index in [9.17, 15) is 4.79 Å². The van der Waals surface area contributed by atoms with E-state index in [0.717, 1.165) is 22.9 Å². The molecule has 3 nitrogen and oxygen atoms in total. The summed E-state index contributed by atoms with van der Waals surface area (Å²) in [5, 5.41) is 2.91. The highest BCUT2D eigenvalue weighted by atomic mass is 16.2. The van der Waals surface area contributed by atoms with Gasteiger partial charge in [-0.2, -0.15) is 0 Å². The number of nitrogens with zero attached hydrogens (tertiary/aromatic N) is 1. The fourth-order valence-corrected chi connectivity index (χ4v) is 3.32. The number of pyridine rings is 1. The van der Waals surface area contributed by atoms with Crippen molar-refractivity contribution in [2.24, 2.45) is 5.41 Å². The smallest absolute Gasteiger partial charge is 0.229 e. The van der Waals surface area contributed by atoms with Crippen molar-refractivity contribution >= 4 is 11.6 Å². The summed E-state index contributed by atoms with van der Waals surface area (Å²) >= 11 is 0. The van der Waals surface area contributed by atoms with Gasteiger partial charge in [-0.1, -0.05) is 64.3 Å². The van der Waals surface area contributed by atoms with E-state index in [1.807, 2.05) is 32.9 Å². The van der Waals surface area contributed by atoms with Gasteiger partial charge >= 0.3 is 0 Å². The standard InChI is InChI=1S/C22H28N2O/c1-22(2,3)21(25)24-19-13-14-20(23-15-19)18-11-9-17(10-12-18)16-7-5-4-6-8-16/h9-16H,4-8H2,1-3H3,(H,24,25). The third-order valence-electron chi connectivity index (χ3n) is 4.99. The molecule has 0 saturated heterocycles. The number of nitrogens with one attached hydrogen (secondary N) is 1. The summed E-state index contributed by atoms with van der Waals surface area (Å²) in [5.41, 5.74) is 3.84. The largest absolute Gasteiger partial charge is 0.324 e. The lowest BCUT2D eigenvalue weighted by molar-refractivity contribution is -0.123. The van der Waals surface area contributed by atoms with Crippen molar-refractivity contribution in [2.75, 3.05) is 5.32 Å². The lowest BCUT2D eigenvalue weighted by atomic mass is 9.84. The van der Waals surface area contributed by atoms with E-state index in [4.69, 9.17) is 0 Å². The van der Waals surface area contributed by atoms with E-state index >= 15 is 0 Å². The second-order valence-corrected chi connectivity index (χ2v) is 8.09. The van der Waals surface area contributed by atoms with Crippen molar-refractivity contribution in [1.29, 1.82) is 0 Å². The molecule has 0 radical (unpaired) electrons. The van der Waals surface area contributed by atoms with Crippen LogP contribution in [0.1, 0.15) is 64.4 Å². The Labute approximate surface area is 150 Å². The zero-order valence-corrected chi connectivity index (χ0v) is 15.5. The molecular weight excluding hydrogens is 308 g/mol.